The van der Waals surface area contributed by atoms with Crippen LogP contribution in [0.3, 0.4) is 0 Å². The summed E-state index contributed by atoms with van der Waals surface area (Å²) in [5, 5.41) is 0.680. The van der Waals surface area contributed by atoms with Gasteiger partial charge in [-0.15, -0.1) is 0 Å². The third-order valence-corrected chi connectivity index (χ3v) is 4.79. The molecule has 2 aromatic carbocycles. The Morgan fingerprint density at radius 1 is 1.14 bits per heavy atom. The van der Waals surface area contributed by atoms with Crippen molar-refractivity contribution in [1.29, 1.82) is 0 Å². The Morgan fingerprint density at radius 2 is 1.76 bits per heavy atom. The molecule has 5 heteroatoms. The van der Waals surface area contributed by atoms with Crippen LogP contribution >= 0.6 is 11.6 Å². The van der Waals surface area contributed by atoms with Crippen molar-refractivity contribution in [1.82, 2.24) is 0 Å². The van der Waals surface area contributed by atoms with E-state index in [1.54, 1.807) is 19.2 Å². The first-order valence-corrected chi connectivity index (χ1v) is 8.44. The number of nitrogens with two attached hydrogens (primary N) is 1. The van der Waals surface area contributed by atoms with Crippen molar-refractivity contribution in [2.75, 3.05) is 12.9 Å². The number of methoxy groups -OCH3 is 1. The lowest BCUT2D eigenvalue weighted by Gasteiger charge is -2.12. The van der Waals surface area contributed by atoms with Crippen molar-refractivity contribution in [3.63, 3.8) is 0 Å². The Balaban J connectivity index is 1.93. The zero-order valence-electron chi connectivity index (χ0n) is 11.8. The van der Waals surface area contributed by atoms with Crippen LogP contribution in [-0.4, -0.2) is 17.1 Å². The summed E-state index contributed by atoms with van der Waals surface area (Å²) in [5.74, 6) is 1.70. The molecule has 0 aromatic heterocycles. The van der Waals surface area contributed by atoms with Crippen molar-refractivity contribution >= 4 is 22.4 Å². The Hall–Kier alpha value is -1.36. The summed E-state index contributed by atoms with van der Waals surface area (Å²) < 4.78 is 17.3. The van der Waals surface area contributed by atoms with Gasteiger partial charge in [0.2, 0.25) is 0 Å². The van der Waals surface area contributed by atoms with Gasteiger partial charge in [-0.3, -0.25) is 4.21 Å². The van der Waals surface area contributed by atoms with Crippen LogP contribution in [0.2, 0.25) is 5.02 Å². The lowest BCUT2D eigenvalue weighted by molar-refractivity contribution is 0.414. The van der Waals surface area contributed by atoms with E-state index in [0.717, 1.165) is 16.9 Å². The van der Waals surface area contributed by atoms with Crippen LogP contribution in [0, 0.1) is 0 Å². The molecule has 2 atom stereocenters. The highest BCUT2D eigenvalue weighted by Crippen LogP contribution is 2.18. The van der Waals surface area contributed by atoms with E-state index in [-0.39, 0.29) is 6.04 Å². The van der Waals surface area contributed by atoms with Crippen molar-refractivity contribution < 1.29 is 8.95 Å². The van der Waals surface area contributed by atoms with Gasteiger partial charge in [0.05, 0.1) is 7.11 Å². The number of ether oxygens (including phenoxy) is 1. The Labute approximate surface area is 132 Å². The summed E-state index contributed by atoms with van der Waals surface area (Å²) in [6.45, 7) is 0. The van der Waals surface area contributed by atoms with Crippen LogP contribution in [-0.2, 0) is 16.6 Å². The molecule has 0 spiro atoms. The molecule has 2 unspecified atom stereocenters. The highest BCUT2D eigenvalue weighted by molar-refractivity contribution is 7.84. The van der Waals surface area contributed by atoms with E-state index in [1.807, 2.05) is 36.4 Å². The monoisotopic (exact) mass is 323 g/mol. The maximum Gasteiger partial charge on any atom is 0.118 e. The molecule has 0 radical (unpaired) electrons. The van der Waals surface area contributed by atoms with Gasteiger partial charge in [0.15, 0.2) is 0 Å². The van der Waals surface area contributed by atoms with Crippen LogP contribution < -0.4 is 10.5 Å². The normalized spacial score (nSPS) is 13.7. The first-order chi connectivity index (χ1) is 10.1. The number of benzene rings is 2. The molecule has 0 saturated heterocycles. The largest absolute Gasteiger partial charge is 0.497 e. The van der Waals surface area contributed by atoms with Gasteiger partial charge in [-0.05, 0) is 35.4 Å². The smallest absolute Gasteiger partial charge is 0.118 e. The SMILES string of the molecule is COc1ccc(C(N)CS(=O)Cc2ccc(Cl)cc2)cc1. The maximum absolute atomic E-state index is 12.2. The molecule has 21 heavy (non-hydrogen) atoms. The standard InChI is InChI=1S/C16H18ClNO2S/c1-20-15-8-4-13(5-9-15)16(18)11-21(19)10-12-2-6-14(17)7-3-12/h2-9,16H,10-11,18H2,1H3. The van der Waals surface area contributed by atoms with Gasteiger partial charge in [0.25, 0.3) is 0 Å². The van der Waals surface area contributed by atoms with E-state index in [4.69, 9.17) is 22.1 Å². The minimum atomic E-state index is -1.01. The predicted molar refractivity (Wildman–Crippen MR) is 88.1 cm³/mol. The molecule has 0 aliphatic carbocycles. The molecule has 0 aliphatic heterocycles. The van der Waals surface area contributed by atoms with Gasteiger partial charge in [-0.25, -0.2) is 0 Å². The highest BCUT2D eigenvalue weighted by Gasteiger charge is 2.11. The van der Waals surface area contributed by atoms with E-state index in [2.05, 4.69) is 0 Å². The molecule has 0 fully saturated rings. The first-order valence-electron chi connectivity index (χ1n) is 6.57. The second-order valence-corrected chi connectivity index (χ2v) is 6.70. The highest BCUT2D eigenvalue weighted by atomic mass is 35.5. The van der Waals surface area contributed by atoms with Crippen LogP contribution in [0.5, 0.6) is 5.75 Å². The second-order valence-electron chi connectivity index (χ2n) is 4.76. The van der Waals surface area contributed by atoms with E-state index in [9.17, 15) is 4.21 Å². The quantitative estimate of drug-likeness (QED) is 0.887. The molecule has 2 rings (SSSR count). The van der Waals surface area contributed by atoms with Gasteiger partial charge in [-0.1, -0.05) is 35.9 Å². The van der Waals surface area contributed by atoms with E-state index >= 15 is 0 Å². The van der Waals surface area contributed by atoms with Crippen LogP contribution in [0.25, 0.3) is 0 Å². The molecule has 112 valence electrons. The fourth-order valence-corrected chi connectivity index (χ4v) is 3.37. The van der Waals surface area contributed by atoms with Gasteiger partial charge >= 0.3 is 0 Å². The van der Waals surface area contributed by atoms with Gasteiger partial charge in [0.1, 0.15) is 5.75 Å². The Morgan fingerprint density at radius 3 is 2.33 bits per heavy atom. The van der Waals surface area contributed by atoms with Crippen molar-refractivity contribution in [2.45, 2.75) is 11.8 Å². The molecule has 0 saturated carbocycles. The lowest BCUT2D eigenvalue weighted by atomic mass is 10.1. The minimum absolute atomic E-state index is 0.246. The zero-order chi connectivity index (χ0) is 15.2. The van der Waals surface area contributed by atoms with E-state index in [0.29, 0.717) is 16.5 Å². The molecule has 0 amide bonds. The van der Waals surface area contributed by atoms with Crippen LogP contribution in [0.15, 0.2) is 48.5 Å². The van der Waals surface area contributed by atoms with Gasteiger partial charge in [0, 0.05) is 33.4 Å². The minimum Gasteiger partial charge on any atom is -0.497 e. The Kier molecular flexibility index (Phi) is 5.79. The number of hydrogen-bond donors (Lipinski definition) is 1. The second kappa shape index (κ2) is 7.59. The van der Waals surface area contributed by atoms with E-state index in [1.165, 1.54) is 0 Å². The summed E-state index contributed by atoms with van der Waals surface area (Å²) in [5.41, 5.74) is 8.07. The number of halogens is 1. The predicted octanol–water partition coefficient (Wildman–Crippen LogP) is 3.30. The zero-order valence-corrected chi connectivity index (χ0v) is 13.4. The molecule has 0 heterocycles. The maximum atomic E-state index is 12.2. The summed E-state index contributed by atoms with van der Waals surface area (Å²) in [4.78, 5) is 0. The van der Waals surface area contributed by atoms with Crippen LogP contribution in [0.4, 0.5) is 0 Å². The van der Waals surface area contributed by atoms with Crippen LogP contribution in [0.1, 0.15) is 17.2 Å². The van der Waals surface area contributed by atoms with E-state index < -0.39 is 10.8 Å². The fourth-order valence-electron chi connectivity index (χ4n) is 1.97. The number of rotatable bonds is 6. The number of hydrogen-bond acceptors (Lipinski definition) is 3. The summed E-state index contributed by atoms with van der Waals surface area (Å²) in [6.07, 6.45) is 0. The first kappa shape index (κ1) is 16.0. The summed E-state index contributed by atoms with van der Waals surface area (Å²) in [7, 11) is 0.606. The summed E-state index contributed by atoms with van der Waals surface area (Å²) in [6, 6.07) is 14.7. The third kappa shape index (κ3) is 4.84. The van der Waals surface area contributed by atoms with Crippen molar-refractivity contribution in [2.24, 2.45) is 5.73 Å². The molecular weight excluding hydrogens is 306 g/mol. The third-order valence-electron chi connectivity index (χ3n) is 3.15. The van der Waals surface area contributed by atoms with Gasteiger partial charge in [-0.2, -0.15) is 0 Å². The molecule has 2 aromatic rings. The molecule has 0 aliphatic rings. The molecule has 3 nitrogen and oxygen atoms in total. The topological polar surface area (TPSA) is 52.3 Å². The fraction of sp³-hybridized carbons (Fsp3) is 0.250. The van der Waals surface area contributed by atoms with Crippen molar-refractivity contribution in [3.05, 3.63) is 64.7 Å². The average Bonchev–Trinajstić information content (AvgIpc) is 2.49. The average molecular weight is 324 g/mol. The lowest BCUT2D eigenvalue weighted by Crippen LogP contribution is -2.19. The molecule has 0 bridgehead atoms. The molecular formula is C16H18ClNO2S. The molecule has 2 N–H and O–H groups in total. The van der Waals surface area contributed by atoms with Gasteiger partial charge < -0.3 is 10.5 Å². The Bertz CT molecular complexity index is 599. The summed E-state index contributed by atoms with van der Waals surface area (Å²) >= 11 is 5.83. The van der Waals surface area contributed by atoms with Crippen molar-refractivity contribution in [3.8, 4) is 5.75 Å².